The lowest BCUT2D eigenvalue weighted by atomic mass is 9.86. The summed E-state index contributed by atoms with van der Waals surface area (Å²) in [6, 6.07) is 17.9. The number of hydrogen-bond donors (Lipinski definition) is 1. The predicted octanol–water partition coefficient (Wildman–Crippen LogP) is 3.59. The minimum absolute atomic E-state index is 0.316. The van der Waals surface area contributed by atoms with Crippen LogP contribution in [-0.4, -0.2) is 42.2 Å². The zero-order chi connectivity index (χ0) is 19.0. The predicted molar refractivity (Wildman–Crippen MR) is 104 cm³/mol. The monoisotopic (exact) mass is 355 g/mol. The summed E-state index contributed by atoms with van der Waals surface area (Å²) in [7, 11) is 2.01. The summed E-state index contributed by atoms with van der Waals surface area (Å²) in [4.78, 5) is 15.1. The van der Waals surface area contributed by atoms with Crippen LogP contribution in [0.2, 0.25) is 0 Å². The maximum atomic E-state index is 13.0. The van der Waals surface area contributed by atoms with Gasteiger partial charge in [0.1, 0.15) is 6.10 Å². The van der Waals surface area contributed by atoms with Gasteiger partial charge in [-0.2, -0.15) is 0 Å². The lowest BCUT2D eigenvalue weighted by Crippen LogP contribution is -2.42. The molecule has 2 rings (SSSR count). The van der Waals surface area contributed by atoms with E-state index in [1.807, 2.05) is 26.1 Å². The molecule has 1 N–H and O–H groups in total. The second-order valence-electron chi connectivity index (χ2n) is 6.77. The van der Waals surface area contributed by atoms with Gasteiger partial charge in [-0.3, -0.25) is 0 Å². The van der Waals surface area contributed by atoms with Crippen molar-refractivity contribution in [1.29, 1.82) is 0 Å². The van der Waals surface area contributed by atoms with Gasteiger partial charge in [-0.05, 0) is 38.1 Å². The van der Waals surface area contributed by atoms with Gasteiger partial charge in [-0.1, -0.05) is 74.0 Å². The van der Waals surface area contributed by atoms with E-state index in [4.69, 9.17) is 4.74 Å². The van der Waals surface area contributed by atoms with Gasteiger partial charge in [0.25, 0.3) is 0 Å². The number of likely N-dealkylation sites (N-methyl/N-ethyl adjacent to an activating group) is 1. The molecule has 0 saturated carbocycles. The zero-order valence-electron chi connectivity index (χ0n) is 15.9. The summed E-state index contributed by atoms with van der Waals surface area (Å²) < 4.78 is 5.64. The van der Waals surface area contributed by atoms with E-state index in [-0.39, 0.29) is 6.10 Å². The number of hydrogen-bond acceptors (Lipinski definition) is 4. The van der Waals surface area contributed by atoms with E-state index in [2.05, 4.69) is 11.8 Å². The molecule has 26 heavy (non-hydrogen) atoms. The second kappa shape index (κ2) is 9.51. The fourth-order valence-corrected chi connectivity index (χ4v) is 3.02. The molecule has 0 aromatic heterocycles. The Morgan fingerprint density at radius 2 is 1.58 bits per heavy atom. The molecule has 0 saturated heterocycles. The molecule has 0 amide bonds. The maximum Gasteiger partial charge on any atom is 0.348 e. The number of esters is 1. The van der Waals surface area contributed by atoms with Crippen LogP contribution in [0.25, 0.3) is 0 Å². The number of nitrogens with zero attached hydrogens (tertiary/aromatic N) is 1. The van der Waals surface area contributed by atoms with E-state index >= 15 is 0 Å². The highest BCUT2D eigenvalue weighted by atomic mass is 16.6. The Bertz CT molecular complexity index is 633. The van der Waals surface area contributed by atoms with Gasteiger partial charge in [-0.15, -0.1) is 0 Å². The summed E-state index contributed by atoms with van der Waals surface area (Å²) in [6.45, 7) is 5.60. The first-order valence-corrected chi connectivity index (χ1v) is 9.21. The smallest absolute Gasteiger partial charge is 0.348 e. The van der Waals surface area contributed by atoms with E-state index in [1.54, 1.807) is 48.5 Å². The molecule has 0 bridgehead atoms. The molecule has 0 spiro atoms. The third kappa shape index (κ3) is 4.93. The van der Waals surface area contributed by atoms with Crippen LogP contribution in [-0.2, 0) is 15.1 Å². The van der Waals surface area contributed by atoms with Crippen LogP contribution in [0, 0.1) is 0 Å². The van der Waals surface area contributed by atoms with Crippen molar-refractivity contribution in [2.45, 2.75) is 38.4 Å². The summed E-state index contributed by atoms with van der Waals surface area (Å²) in [5.74, 6) is -0.647. The van der Waals surface area contributed by atoms with Gasteiger partial charge in [-0.25, -0.2) is 4.79 Å². The second-order valence-corrected chi connectivity index (χ2v) is 6.77. The van der Waals surface area contributed by atoms with Crippen LogP contribution < -0.4 is 0 Å². The van der Waals surface area contributed by atoms with Crippen LogP contribution in [0.5, 0.6) is 0 Å². The number of ether oxygens (including phenoxy) is 1. The molecule has 4 heteroatoms. The van der Waals surface area contributed by atoms with Crippen LogP contribution in [0.4, 0.5) is 0 Å². The van der Waals surface area contributed by atoms with Crippen LogP contribution in [0.1, 0.15) is 37.8 Å². The molecule has 2 aromatic carbocycles. The number of carbonyl (C=O) groups is 1. The van der Waals surface area contributed by atoms with E-state index in [1.165, 1.54) is 0 Å². The van der Waals surface area contributed by atoms with Crippen molar-refractivity contribution in [2.75, 3.05) is 20.1 Å². The van der Waals surface area contributed by atoms with Crippen molar-refractivity contribution in [1.82, 2.24) is 4.90 Å². The highest BCUT2D eigenvalue weighted by Crippen LogP contribution is 2.31. The minimum atomic E-state index is -1.82. The summed E-state index contributed by atoms with van der Waals surface area (Å²) in [5, 5.41) is 11.4. The Morgan fingerprint density at radius 3 is 2.04 bits per heavy atom. The molecule has 2 aromatic rings. The van der Waals surface area contributed by atoms with Gasteiger partial charge >= 0.3 is 5.97 Å². The highest BCUT2D eigenvalue weighted by molar-refractivity contribution is 5.85. The number of benzene rings is 2. The van der Waals surface area contributed by atoms with Crippen molar-refractivity contribution >= 4 is 5.97 Å². The SMILES string of the molecule is CCCCN(C)CC(C)OC(=O)C(O)(c1ccccc1)c1ccccc1. The number of unbranched alkanes of at least 4 members (excludes halogenated alkanes) is 1. The molecule has 0 heterocycles. The van der Waals surface area contributed by atoms with Crippen molar-refractivity contribution in [2.24, 2.45) is 0 Å². The highest BCUT2D eigenvalue weighted by Gasteiger charge is 2.42. The van der Waals surface area contributed by atoms with Gasteiger partial charge in [0.15, 0.2) is 0 Å². The van der Waals surface area contributed by atoms with Gasteiger partial charge in [0, 0.05) is 6.54 Å². The normalized spacial score (nSPS) is 12.8. The molecule has 140 valence electrons. The van der Waals surface area contributed by atoms with Crippen molar-refractivity contribution in [3.05, 3.63) is 71.8 Å². The molecular weight excluding hydrogens is 326 g/mol. The van der Waals surface area contributed by atoms with Gasteiger partial charge in [0.05, 0.1) is 0 Å². The third-order valence-corrected chi connectivity index (χ3v) is 4.45. The Kier molecular flexibility index (Phi) is 7.37. The Labute approximate surface area is 156 Å². The number of carbonyl (C=O) groups excluding carboxylic acids is 1. The Balaban J connectivity index is 2.20. The molecule has 4 nitrogen and oxygen atoms in total. The van der Waals surface area contributed by atoms with Crippen LogP contribution >= 0.6 is 0 Å². The first-order valence-electron chi connectivity index (χ1n) is 9.21. The summed E-state index contributed by atoms with van der Waals surface area (Å²) in [6.07, 6.45) is 1.92. The molecule has 1 unspecified atom stereocenters. The summed E-state index contributed by atoms with van der Waals surface area (Å²) in [5.41, 5.74) is -0.816. The van der Waals surface area contributed by atoms with E-state index < -0.39 is 11.6 Å². The topological polar surface area (TPSA) is 49.8 Å². The molecule has 0 aliphatic heterocycles. The lowest BCUT2D eigenvalue weighted by Gasteiger charge is -2.29. The fraction of sp³-hybridized carbons (Fsp3) is 0.409. The summed E-state index contributed by atoms with van der Waals surface area (Å²) >= 11 is 0. The average molecular weight is 355 g/mol. The van der Waals surface area contributed by atoms with Crippen molar-refractivity contribution < 1.29 is 14.6 Å². The quantitative estimate of drug-likeness (QED) is 0.699. The zero-order valence-corrected chi connectivity index (χ0v) is 15.9. The van der Waals surface area contributed by atoms with Crippen molar-refractivity contribution in [3.8, 4) is 0 Å². The molecule has 0 aliphatic rings. The maximum absolute atomic E-state index is 13.0. The number of aliphatic hydroxyl groups is 1. The Morgan fingerprint density at radius 1 is 1.08 bits per heavy atom. The fourth-order valence-electron chi connectivity index (χ4n) is 3.02. The molecule has 0 aliphatic carbocycles. The lowest BCUT2D eigenvalue weighted by molar-refractivity contribution is -0.167. The molecule has 0 radical (unpaired) electrons. The van der Waals surface area contributed by atoms with Crippen LogP contribution in [0.3, 0.4) is 0 Å². The minimum Gasteiger partial charge on any atom is -0.459 e. The van der Waals surface area contributed by atoms with Crippen LogP contribution in [0.15, 0.2) is 60.7 Å². The Hall–Kier alpha value is -2.17. The average Bonchev–Trinajstić information content (AvgIpc) is 2.66. The standard InChI is InChI=1S/C22H29NO3/c1-4-5-16-23(3)17-18(2)26-21(24)22(25,19-12-8-6-9-13-19)20-14-10-7-11-15-20/h6-15,18,25H,4-5,16-17H2,1-3H3. The third-order valence-electron chi connectivity index (χ3n) is 4.45. The molecular formula is C22H29NO3. The van der Waals surface area contributed by atoms with Crippen molar-refractivity contribution in [3.63, 3.8) is 0 Å². The van der Waals surface area contributed by atoms with E-state index in [0.29, 0.717) is 17.7 Å². The van der Waals surface area contributed by atoms with Gasteiger partial charge in [0.2, 0.25) is 5.60 Å². The van der Waals surface area contributed by atoms with Gasteiger partial charge < -0.3 is 14.7 Å². The first kappa shape index (κ1) is 20.1. The van der Waals surface area contributed by atoms with E-state index in [0.717, 1.165) is 19.4 Å². The molecule has 0 fully saturated rings. The van der Waals surface area contributed by atoms with E-state index in [9.17, 15) is 9.90 Å². The first-order chi connectivity index (χ1) is 12.5. The molecule has 1 atom stereocenters. The number of rotatable bonds is 9. The largest absolute Gasteiger partial charge is 0.459 e.